The monoisotopic (exact) mass is 528 g/mol. The molecule has 202 valence electrons. The number of anilines is 1. The molecule has 0 bridgehead atoms. The number of fused-ring (bicyclic) bond motifs is 1. The first-order valence-corrected chi connectivity index (χ1v) is 13.3. The summed E-state index contributed by atoms with van der Waals surface area (Å²) in [6.07, 6.45) is 7.66. The molecule has 2 aliphatic heterocycles. The van der Waals surface area contributed by atoms with Crippen LogP contribution >= 0.6 is 0 Å². The molecule has 1 aromatic carbocycles. The predicted molar refractivity (Wildman–Crippen MR) is 146 cm³/mol. The summed E-state index contributed by atoms with van der Waals surface area (Å²) in [5.74, 6) is -1.36. The molecule has 3 heterocycles. The number of aryl methyl sites for hydroxylation is 1. The minimum absolute atomic E-state index is 0.0980. The lowest BCUT2D eigenvalue weighted by atomic mass is 9.77. The van der Waals surface area contributed by atoms with Gasteiger partial charge < -0.3 is 16.0 Å². The molecule has 1 saturated heterocycles. The molecule has 3 aliphatic rings. The molecule has 2 fully saturated rings. The molecule has 5 rings (SSSR count). The van der Waals surface area contributed by atoms with Gasteiger partial charge in [-0.25, -0.2) is 0 Å². The molecule has 1 saturated carbocycles. The Kier molecular flexibility index (Phi) is 7.53. The minimum atomic E-state index is -0.960. The second-order valence-corrected chi connectivity index (χ2v) is 10.4. The van der Waals surface area contributed by atoms with Gasteiger partial charge in [-0.15, -0.1) is 0 Å². The van der Waals surface area contributed by atoms with Gasteiger partial charge in [-0.05, 0) is 75.3 Å². The summed E-state index contributed by atoms with van der Waals surface area (Å²) in [6.45, 7) is 2.68. The quantitative estimate of drug-likeness (QED) is 0.211. The second-order valence-electron chi connectivity index (χ2n) is 10.4. The Balaban J connectivity index is 1.06. The number of nitrogens with one attached hydrogen (secondary N) is 4. The second kappa shape index (κ2) is 11.2. The van der Waals surface area contributed by atoms with Gasteiger partial charge in [0.05, 0.1) is 16.8 Å². The number of imide groups is 2. The lowest BCUT2D eigenvalue weighted by Crippen LogP contribution is -2.54. The molecule has 1 unspecified atom stereocenters. The van der Waals surface area contributed by atoms with Crippen molar-refractivity contribution >= 4 is 41.1 Å². The SMILES string of the molecule is Cc1cccc(/C(C=N)=C/NC2CC(CCCNc3ccc4c(c3)C(=O)N(C3CCC(=O)NC3=O)C4=O)C2)n1. The molecule has 1 aromatic heterocycles. The van der Waals surface area contributed by atoms with Crippen molar-refractivity contribution in [1.82, 2.24) is 20.5 Å². The zero-order valence-corrected chi connectivity index (χ0v) is 21.8. The Morgan fingerprint density at radius 3 is 2.67 bits per heavy atom. The number of piperidine rings is 1. The lowest BCUT2D eigenvalue weighted by Gasteiger charge is -2.36. The summed E-state index contributed by atoms with van der Waals surface area (Å²) < 4.78 is 0. The van der Waals surface area contributed by atoms with Crippen molar-refractivity contribution in [3.8, 4) is 0 Å². The zero-order chi connectivity index (χ0) is 27.5. The summed E-state index contributed by atoms with van der Waals surface area (Å²) in [6, 6.07) is 10.3. The van der Waals surface area contributed by atoms with Crippen molar-refractivity contribution in [2.24, 2.45) is 5.92 Å². The van der Waals surface area contributed by atoms with Crippen molar-refractivity contribution in [3.05, 3.63) is 65.1 Å². The summed E-state index contributed by atoms with van der Waals surface area (Å²) in [5, 5.41) is 16.7. The highest BCUT2D eigenvalue weighted by Gasteiger charge is 2.44. The molecule has 0 radical (unpaired) electrons. The number of carbonyl (C=O) groups excluding carboxylic acids is 4. The number of rotatable bonds is 10. The molecule has 39 heavy (non-hydrogen) atoms. The fourth-order valence-corrected chi connectivity index (χ4v) is 5.41. The summed E-state index contributed by atoms with van der Waals surface area (Å²) >= 11 is 0. The summed E-state index contributed by atoms with van der Waals surface area (Å²) in [4.78, 5) is 54.9. The fraction of sp³-hybridized carbons (Fsp3) is 0.379. The number of amides is 4. The Labute approximate surface area is 226 Å². The van der Waals surface area contributed by atoms with Crippen LogP contribution in [0.2, 0.25) is 0 Å². The molecule has 0 spiro atoms. The van der Waals surface area contributed by atoms with E-state index >= 15 is 0 Å². The van der Waals surface area contributed by atoms with Crippen LogP contribution in [0.25, 0.3) is 5.57 Å². The van der Waals surface area contributed by atoms with Gasteiger partial charge in [-0.1, -0.05) is 6.07 Å². The van der Waals surface area contributed by atoms with E-state index in [4.69, 9.17) is 5.41 Å². The van der Waals surface area contributed by atoms with E-state index in [2.05, 4.69) is 20.9 Å². The Hall–Kier alpha value is -4.34. The first-order valence-electron chi connectivity index (χ1n) is 13.3. The van der Waals surface area contributed by atoms with Crippen molar-refractivity contribution < 1.29 is 19.2 Å². The normalized spacial score (nSPS) is 22.7. The average molecular weight is 529 g/mol. The van der Waals surface area contributed by atoms with E-state index in [0.717, 1.165) is 59.8 Å². The van der Waals surface area contributed by atoms with Gasteiger partial charge in [-0.2, -0.15) is 0 Å². The van der Waals surface area contributed by atoms with Crippen LogP contribution in [0.5, 0.6) is 0 Å². The van der Waals surface area contributed by atoms with Crippen molar-refractivity contribution in [1.29, 1.82) is 5.41 Å². The van der Waals surface area contributed by atoms with E-state index in [1.165, 1.54) is 6.21 Å². The molecule has 1 aliphatic carbocycles. The van der Waals surface area contributed by atoms with Crippen LogP contribution in [-0.4, -0.2) is 58.4 Å². The highest BCUT2D eigenvalue weighted by molar-refractivity contribution is 6.23. The molecule has 1 atom stereocenters. The smallest absolute Gasteiger partial charge is 0.262 e. The molecule has 4 amide bonds. The first-order chi connectivity index (χ1) is 18.8. The predicted octanol–water partition coefficient (Wildman–Crippen LogP) is 3.04. The summed E-state index contributed by atoms with van der Waals surface area (Å²) in [7, 11) is 0. The lowest BCUT2D eigenvalue weighted by molar-refractivity contribution is -0.136. The maximum Gasteiger partial charge on any atom is 0.262 e. The molecule has 10 heteroatoms. The molecule has 2 aromatic rings. The number of hydrogen-bond acceptors (Lipinski definition) is 8. The standard InChI is InChI=1S/C29H32N6O4/c1-17-4-2-6-24(33-17)19(15-30)16-32-21-12-18(13-21)5-3-11-31-20-7-8-22-23(14-20)29(39)35(28(22)38)25-9-10-26(36)34-27(25)37/h2,4,6-8,14-16,18,21,25,30-32H,3,5,9-13H2,1H3,(H,34,36,37)/b19-16+,30-15?. The Morgan fingerprint density at radius 2 is 1.92 bits per heavy atom. The van der Waals surface area contributed by atoms with Gasteiger partial charge in [0.25, 0.3) is 11.8 Å². The number of pyridine rings is 1. The zero-order valence-electron chi connectivity index (χ0n) is 21.8. The van der Waals surface area contributed by atoms with Crippen LogP contribution in [0.15, 0.2) is 42.6 Å². The van der Waals surface area contributed by atoms with E-state index < -0.39 is 29.7 Å². The number of benzene rings is 1. The van der Waals surface area contributed by atoms with Gasteiger partial charge in [0, 0.05) is 48.4 Å². The van der Waals surface area contributed by atoms with Crippen LogP contribution in [0.3, 0.4) is 0 Å². The molecular weight excluding hydrogens is 496 g/mol. The van der Waals surface area contributed by atoms with Crippen LogP contribution in [-0.2, 0) is 9.59 Å². The van der Waals surface area contributed by atoms with E-state index in [1.807, 2.05) is 31.3 Å². The van der Waals surface area contributed by atoms with Crippen molar-refractivity contribution in [3.63, 3.8) is 0 Å². The van der Waals surface area contributed by atoms with Gasteiger partial charge in [0.2, 0.25) is 11.8 Å². The molecule has 4 N–H and O–H groups in total. The van der Waals surface area contributed by atoms with Crippen LogP contribution in [0.4, 0.5) is 5.69 Å². The Bertz CT molecular complexity index is 1360. The number of allylic oxidation sites excluding steroid dienone is 1. The van der Waals surface area contributed by atoms with Gasteiger partial charge in [0.15, 0.2) is 0 Å². The first kappa shape index (κ1) is 26.3. The van der Waals surface area contributed by atoms with Gasteiger partial charge in [-0.3, -0.25) is 34.4 Å². The third-order valence-corrected chi connectivity index (χ3v) is 7.61. The maximum absolute atomic E-state index is 13.0. The van der Waals surface area contributed by atoms with Crippen molar-refractivity contribution in [2.75, 3.05) is 11.9 Å². The topological polar surface area (TPSA) is 144 Å². The average Bonchev–Trinajstić information content (AvgIpc) is 3.13. The van der Waals surface area contributed by atoms with E-state index in [1.54, 1.807) is 18.2 Å². The van der Waals surface area contributed by atoms with E-state index in [9.17, 15) is 19.2 Å². The molecular formula is C29H32N6O4. The number of carbonyl (C=O) groups is 4. The fourth-order valence-electron chi connectivity index (χ4n) is 5.41. The number of hydrogen-bond donors (Lipinski definition) is 4. The highest BCUT2D eigenvalue weighted by Crippen LogP contribution is 2.32. The summed E-state index contributed by atoms with van der Waals surface area (Å²) in [5.41, 5.74) is 3.79. The van der Waals surface area contributed by atoms with Crippen LogP contribution in [0, 0.1) is 18.3 Å². The number of nitrogens with zero attached hydrogens (tertiary/aromatic N) is 2. The largest absolute Gasteiger partial charge is 0.388 e. The molecule has 10 nitrogen and oxygen atoms in total. The van der Waals surface area contributed by atoms with E-state index in [0.29, 0.717) is 12.0 Å². The van der Waals surface area contributed by atoms with E-state index in [-0.39, 0.29) is 24.0 Å². The minimum Gasteiger partial charge on any atom is -0.388 e. The van der Waals surface area contributed by atoms with Gasteiger partial charge in [0.1, 0.15) is 6.04 Å². The van der Waals surface area contributed by atoms with Gasteiger partial charge >= 0.3 is 0 Å². The third-order valence-electron chi connectivity index (χ3n) is 7.61. The van der Waals surface area contributed by atoms with Crippen LogP contribution < -0.4 is 16.0 Å². The highest BCUT2D eigenvalue weighted by atomic mass is 16.2. The van der Waals surface area contributed by atoms with Crippen LogP contribution in [0.1, 0.15) is 70.6 Å². The van der Waals surface area contributed by atoms with Crippen molar-refractivity contribution in [2.45, 2.75) is 57.5 Å². The Morgan fingerprint density at radius 1 is 1.13 bits per heavy atom. The third kappa shape index (κ3) is 5.59. The maximum atomic E-state index is 13.0. The number of aromatic nitrogens is 1.